The van der Waals surface area contributed by atoms with Gasteiger partial charge in [0.25, 0.3) is 0 Å². The Morgan fingerprint density at radius 2 is 1.95 bits per heavy atom. The van der Waals surface area contributed by atoms with E-state index in [1.54, 1.807) is 30.5 Å². The minimum atomic E-state index is -0.0736. The zero-order valence-corrected chi connectivity index (χ0v) is 14.0. The van der Waals surface area contributed by atoms with E-state index in [4.69, 9.17) is 0 Å². The Labute approximate surface area is 136 Å². The molecule has 1 heterocycles. The van der Waals surface area contributed by atoms with Gasteiger partial charge in [-0.2, -0.15) is 5.10 Å². The van der Waals surface area contributed by atoms with E-state index >= 15 is 0 Å². The van der Waals surface area contributed by atoms with E-state index in [0.717, 1.165) is 9.26 Å². The van der Waals surface area contributed by atoms with Crippen LogP contribution in [0.4, 0.5) is 5.69 Å². The lowest BCUT2D eigenvalue weighted by Crippen LogP contribution is -2.15. The third kappa shape index (κ3) is 4.13. The van der Waals surface area contributed by atoms with Gasteiger partial charge >= 0.3 is 0 Å². The maximum atomic E-state index is 11.9. The van der Waals surface area contributed by atoms with Gasteiger partial charge < -0.3 is 5.32 Å². The van der Waals surface area contributed by atoms with Crippen molar-refractivity contribution in [2.45, 2.75) is 26.8 Å². The monoisotopic (exact) mass is 397 g/mol. The smallest absolute Gasteiger partial charge is 0.226 e. The first kappa shape index (κ1) is 15.7. The van der Waals surface area contributed by atoms with Crippen LogP contribution in [-0.2, 0) is 11.3 Å². The number of anilines is 1. The van der Waals surface area contributed by atoms with E-state index in [2.05, 4.69) is 33.0 Å². The maximum absolute atomic E-state index is 11.9. The summed E-state index contributed by atoms with van der Waals surface area (Å²) in [6, 6.07) is 6.88. The summed E-state index contributed by atoms with van der Waals surface area (Å²) in [5.41, 5.74) is 2.39. The summed E-state index contributed by atoms with van der Waals surface area (Å²) in [5.74, 6) is -0.0629. The highest BCUT2D eigenvalue weighted by atomic mass is 127. The zero-order valence-electron chi connectivity index (χ0n) is 11.9. The van der Waals surface area contributed by atoms with Crippen molar-refractivity contribution in [1.82, 2.24) is 9.78 Å². The van der Waals surface area contributed by atoms with Crippen molar-refractivity contribution >= 4 is 40.0 Å². The average Bonchev–Trinajstić information content (AvgIpc) is 2.77. The second-order valence-electron chi connectivity index (χ2n) is 4.73. The molecule has 0 aliphatic heterocycles. The van der Waals surface area contributed by atoms with Gasteiger partial charge in [0.2, 0.25) is 5.91 Å². The normalized spacial score (nSPS) is 10.4. The number of aromatic nitrogens is 2. The Kier molecular flexibility index (Phi) is 5.11. The molecule has 6 heteroatoms. The van der Waals surface area contributed by atoms with Gasteiger partial charge in [-0.15, -0.1) is 0 Å². The van der Waals surface area contributed by atoms with E-state index in [0.29, 0.717) is 24.2 Å². The first-order chi connectivity index (χ1) is 9.97. The summed E-state index contributed by atoms with van der Waals surface area (Å²) in [5, 5.41) is 7.03. The molecule has 0 fully saturated rings. The molecule has 1 aromatic carbocycles. The SMILES string of the molecule is CC(=O)c1ccc(NC(=O)CCn2ncc(I)c2C)cc1. The first-order valence-corrected chi connectivity index (χ1v) is 7.64. The molecule has 0 saturated carbocycles. The number of amides is 1. The van der Waals surface area contributed by atoms with Crippen LogP contribution < -0.4 is 5.32 Å². The summed E-state index contributed by atoms with van der Waals surface area (Å²) in [6.07, 6.45) is 2.14. The van der Waals surface area contributed by atoms with E-state index in [-0.39, 0.29) is 11.7 Å². The summed E-state index contributed by atoms with van der Waals surface area (Å²) >= 11 is 2.22. The Morgan fingerprint density at radius 1 is 1.29 bits per heavy atom. The molecule has 0 aliphatic carbocycles. The van der Waals surface area contributed by atoms with Crippen LogP contribution in [0.2, 0.25) is 0 Å². The zero-order chi connectivity index (χ0) is 15.4. The van der Waals surface area contributed by atoms with E-state index in [1.807, 2.05) is 11.6 Å². The van der Waals surface area contributed by atoms with Crippen LogP contribution in [0.1, 0.15) is 29.4 Å². The van der Waals surface area contributed by atoms with Gasteiger partial charge in [-0.25, -0.2) is 0 Å². The second-order valence-corrected chi connectivity index (χ2v) is 5.89. The summed E-state index contributed by atoms with van der Waals surface area (Å²) in [7, 11) is 0. The number of carbonyl (C=O) groups excluding carboxylic acids is 2. The molecule has 0 spiro atoms. The first-order valence-electron chi connectivity index (χ1n) is 6.56. The highest BCUT2D eigenvalue weighted by molar-refractivity contribution is 14.1. The average molecular weight is 397 g/mol. The number of rotatable bonds is 5. The third-order valence-corrected chi connectivity index (χ3v) is 4.23. The van der Waals surface area contributed by atoms with Crippen LogP contribution >= 0.6 is 22.6 Å². The molecule has 2 rings (SSSR count). The molecule has 110 valence electrons. The number of nitrogens with one attached hydrogen (secondary N) is 1. The van der Waals surface area contributed by atoms with E-state index in [9.17, 15) is 9.59 Å². The summed E-state index contributed by atoms with van der Waals surface area (Å²) in [4.78, 5) is 23.1. The molecule has 0 aliphatic rings. The van der Waals surface area contributed by atoms with Crippen LogP contribution in [0.5, 0.6) is 0 Å². The number of nitrogens with zero attached hydrogens (tertiary/aromatic N) is 2. The van der Waals surface area contributed by atoms with Crippen LogP contribution in [0.15, 0.2) is 30.5 Å². The van der Waals surface area contributed by atoms with Crippen molar-refractivity contribution in [3.8, 4) is 0 Å². The Balaban J connectivity index is 1.89. The fourth-order valence-corrected chi connectivity index (χ4v) is 2.27. The van der Waals surface area contributed by atoms with Crippen molar-refractivity contribution in [2.24, 2.45) is 0 Å². The molecule has 1 amide bonds. The second kappa shape index (κ2) is 6.84. The molecule has 0 atom stereocenters. The summed E-state index contributed by atoms with van der Waals surface area (Å²) < 4.78 is 2.91. The Hall–Kier alpha value is -1.70. The number of benzene rings is 1. The molecule has 2 aromatic rings. The van der Waals surface area contributed by atoms with Crippen LogP contribution in [0, 0.1) is 10.5 Å². The van der Waals surface area contributed by atoms with Gasteiger partial charge in [-0.3, -0.25) is 14.3 Å². The van der Waals surface area contributed by atoms with Gasteiger partial charge in [0.05, 0.1) is 16.3 Å². The lowest BCUT2D eigenvalue weighted by Gasteiger charge is -2.07. The number of carbonyl (C=O) groups is 2. The number of Topliss-reactive ketones (excluding diaryl/α,β-unsaturated/α-hetero) is 1. The Morgan fingerprint density at radius 3 is 2.48 bits per heavy atom. The molecule has 0 unspecified atom stereocenters. The maximum Gasteiger partial charge on any atom is 0.226 e. The molecule has 0 saturated heterocycles. The lowest BCUT2D eigenvalue weighted by atomic mass is 10.1. The number of ketones is 1. The van der Waals surface area contributed by atoms with Gasteiger partial charge in [0.1, 0.15) is 0 Å². The largest absolute Gasteiger partial charge is 0.326 e. The minimum Gasteiger partial charge on any atom is -0.326 e. The number of hydrogen-bond acceptors (Lipinski definition) is 3. The lowest BCUT2D eigenvalue weighted by molar-refractivity contribution is -0.116. The van der Waals surface area contributed by atoms with Gasteiger partial charge in [-0.1, -0.05) is 0 Å². The van der Waals surface area contributed by atoms with E-state index < -0.39 is 0 Å². The topological polar surface area (TPSA) is 64.0 Å². The van der Waals surface area contributed by atoms with Crippen LogP contribution in [0.3, 0.4) is 0 Å². The van der Waals surface area contributed by atoms with Crippen molar-refractivity contribution in [1.29, 1.82) is 0 Å². The molecular weight excluding hydrogens is 381 g/mol. The number of aryl methyl sites for hydroxylation is 1. The fraction of sp³-hybridized carbons (Fsp3) is 0.267. The van der Waals surface area contributed by atoms with Gasteiger partial charge in [-0.05, 0) is 60.7 Å². The van der Waals surface area contributed by atoms with Crippen LogP contribution in [0.25, 0.3) is 0 Å². The quantitative estimate of drug-likeness (QED) is 0.623. The highest BCUT2D eigenvalue weighted by Gasteiger charge is 2.07. The van der Waals surface area contributed by atoms with Crippen molar-refractivity contribution in [3.63, 3.8) is 0 Å². The van der Waals surface area contributed by atoms with E-state index in [1.165, 1.54) is 6.92 Å². The molecule has 1 N–H and O–H groups in total. The number of halogens is 1. The predicted octanol–water partition coefficient (Wildman–Crippen LogP) is 3.03. The fourth-order valence-electron chi connectivity index (χ4n) is 1.87. The van der Waals surface area contributed by atoms with Crippen molar-refractivity contribution < 1.29 is 9.59 Å². The van der Waals surface area contributed by atoms with Crippen LogP contribution in [-0.4, -0.2) is 21.5 Å². The molecular formula is C15H16IN3O2. The highest BCUT2D eigenvalue weighted by Crippen LogP contribution is 2.12. The molecule has 21 heavy (non-hydrogen) atoms. The third-order valence-electron chi connectivity index (χ3n) is 3.17. The molecule has 1 aromatic heterocycles. The van der Waals surface area contributed by atoms with Gasteiger partial charge in [0, 0.05) is 23.4 Å². The molecule has 0 bridgehead atoms. The van der Waals surface area contributed by atoms with Crippen molar-refractivity contribution in [3.05, 3.63) is 45.3 Å². The Bertz CT molecular complexity index is 662. The molecule has 0 radical (unpaired) electrons. The molecule has 5 nitrogen and oxygen atoms in total. The predicted molar refractivity (Wildman–Crippen MR) is 89.4 cm³/mol. The minimum absolute atomic E-state index is 0.0108. The van der Waals surface area contributed by atoms with Crippen molar-refractivity contribution in [2.75, 3.05) is 5.32 Å². The van der Waals surface area contributed by atoms with Gasteiger partial charge in [0.15, 0.2) is 5.78 Å². The summed E-state index contributed by atoms with van der Waals surface area (Å²) in [6.45, 7) is 4.04. The number of hydrogen-bond donors (Lipinski definition) is 1. The standard InChI is InChI=1S/C15H16IN3O2/c1-10-14(16)9-17-19(10)8-7-15(21)18-13-5-3-12(4-6-13)11(2)20/h3-6,9H,7-8H2,1-2H3,(H,18,21).